The number of benzene rings is 1. The molecule has 1 atom stereocenters. The lowest BCUT2D eigenvalue weighted by molar-refractivity contribution is -0.167. The Balaban J connectivity index is 3.00. The maximum atomic E-state index is 11.9. The van der Waals surface area contributed by atoms with Crippen LogP contribution in [0.15, 0.2) is 24.3 Å². The summed E-state index contributed by atoms with van der Waals surface area (Å²) in [6.07, 6.45) is 0.117. The van der Waals surface area contributed by atoms with Crippen LogP contribution in [0, 0.1) is 5.41 Å². The van der Waals surface area contributed by atoms with E-state index in [0.717, 1.165) is 5.56 Å². The maximum Gasteiger partial charge on any atom is 0.323 e. The first-order chi connectivity index (χ1) is 9.61. The van der Waals surface area contributed by atoms with Gasteiger partial charge in [0.15, 0.2) is 5.41 Å². The molecule has 0 aliphatic heterocycles. The van der Waals surface area contributed by atoms with E-state index in [1.54, 1.807) is 6.92 Å². The number of carboxylic acids is 1. The van der Waals surface area contributed by atoms with E-state index in [4.69, 9.17) is 4.74 Å². The standard InChI is InChI=1S/C17H24O4/c1-6-21-15(20)17(5,14(18)19)11-12-7-9-13(10-8-12)16(2,3)4/h7-10H,6,11H2,1-5H3,(H,18,19). The third kappa shape index (κ3) is 4.06. The molecule has 0 bridgehead atoms. The number of rotatable bonds is 5. The number of carbonyl (C=O) groups is 2. The highest BCUT2D eigenvalue weighted by Gasteiger charge is 2.43. The summed E-state index contributed by atoms with van der Waals surface area (Å²) in [5, 5.41) is 9.37. The second-order valence-corrected chi connectivity index (χ2v) is 6.48. The van der Waals surface area contributed by atoms with Crippen molar-refractivity contribution in [1.29, 1.82) is 0 Å². The van der Waals surface area contributed by atoms with E-state index in [1.807, 2.05) is 24.3 Å². The van der Waals surface area contributed by atoms with Crippen LogP contribution in [0.2, 0.25) is 0 Å². The van der Waals surface area contributed by atoms with Gasteiger partial charge in [-0.3, -0.25) is 9.59 Å². The third-order valence-corrected chi connectivity index (χ3v) is 3.58. The first-order valence-electron chi connectivity index (χ1n) is 7.11. The largest absolute Gasteiger partial charge is 0.480 e. The van der Waals surface area contributed by atoms with Crippen LogP contribution in [0.5, 0.6) is 0 Å². The van der Waals surface area contributed by atoms with Crippen LogP contribution in [-0.4, -0.2) is 23.7 Å². The van der Waals surface area contributed by atoms with Gasteiger partial charge >= 0.3 is 11.9 Å². The van der Waals surface area contributed by atoms with Gasteiger partial charge in [0.1, 0.15) is 0 Å². The van der Waals surface area contributed by atoms with Gasteiger partial charge in [0.25, 0.3) is 0 Å². The summed E-state index contributed by atoms with van der Waals surface area (Å²) in [5.41, 5.74) is 0.454. The summed E-state index contributed by atoms with van der Waals surface area (Å²) >= 11 is 0. The zero-order valence-corrected chi connectivity index (χ0v) is 13.4. The summed E-state index contributed by atoms with van der Waals surface area (Å²) in [5.74, 6) is -1.86. The molecule has 4 heteroatoms. The summed E-state index contributed by atoms with van der Waals surface area (Å²) in [7, 11) is 0. The Morgan fingerprint density at radius 2 is 1.62 bits per heavy atom. The quantitative estimate of drug-likeness (QED) is 0.668. The predicted molar refractivity (Wildman–Crippen MR) is 81.2 cm³/mol. The highest BCUT2D eigenvalue weighted by atomic mass is 16.5. The van der Waals surface area contributed by atoms with Crippen molar-refractivity contribution in [3.05, 3.63) is 35.4 Å². The number of hydrogen-bond acceptors (Lipinski definition) is 3. The van der Waals surface area contributed by atoms with Gasteiger partial charge < -0.3 is 9.84 Å². The number of aliphatic carboxylic acids is 1. The number of carbonyl (C=O) groups excluding carboxylic acids is 1. The number of ether oxygens (including phenoxy) is 1. The van der Waals surface area contributed by atoms with Crippen molar-refractivity contribution in [2.24, 2.45) is 5.41 Å². The highest BCUT2D eigenvalue weighted by Crippen LogP contribution is 2.27. The molecule has 1 N–H and O–H groups in total. The minimum atomic E-state index is -1.56. The third-order valence-electron chi connectivity index (χ3n) is 3.58. The van der Waals surface area contributed by atoms with Crippen molar-refractivity contribution < 1.29 is 19.4 Å². The van der Waals surface area contributed by atoms with E-state index in [0.29, 0.717) is 0 Å². The lowest BCUT2D eigenvalue weighted by Crippen LogP contribution is -2.40. The lowest BCUT2D eigenvalue weighted by Gasteiger charge is -2.23. The molecule has 0 amide bonds. The Morgan fingerprint density at radius 3 is 2.00 bits per heavy atom. The normalized spacial score (nSPS) is 14.3. The molecule has 1 aromatic rings. The minimum absolute atomic E-state index is 0.0375. The van der Waals surface area contributed by atoms with E-state index in [-0.39, 0.29) is 18.4 Å². The molecule has 0 aliphatic carbocycles. The number of carboxylic acid groups (broad SMARTS) is 1. The molecule has 0 heterocycles. The van der Waals surface area contributed by atoms with Crippen LogP contribution in [0.3, 0.4) is 0 Å². The Labute approximate surface area is 126 Å². The SMILES string of the molecule is CCOC(=O)C(C)(Cc1ccc(C(C)(C)C)cc1)C(=O)O. The number of esters is 1. The second kappa shape index (κ2) is 6.29. The topological polar surface area (TPSA) is 63.6 Å². The Bertz CT molecular complexity index is 511. The summed E-state index contributed by atoms with van der Waals surface area (Å²) < 4.78 is 4.90. The molecule has 1 rings (SSSR count). The van der Waals surface area contributed by atoms with Gasteiger partial charge in [-0.05, 0) is 36.8 Å². The van der Waals surface area contributed by atoms with Crippen molar-refractivity contribution >= 4 is 11.9 Å². The van der Waals surface area contributed by atoms with Gasteiger partial charge in [-0.2, -0.15) is 0 Å². The van der Waals surface area contributed by atoms with Crippen LogP contribution in [0.25, 0.3) is 0 Å². The summed E-state index contributed by atoms with van der Waals surface area (Å²) in [4.78, 5) is 23.4. The summed E-state index contributed by atoms with van der Waals surface area (Å²) in [6.45, 7) is 9.58. The van der Waals surface area contributed by atoms with Gasteiger partial charge in [-0.25, -0.2) is 0 Å². The van der Waals surface area contributed by atoms with Gasteiger partial charge in [0.2, 0.25) is 0 Å². The first-order valence-corrected chi connectivity index (χ1v) is 7.11. The molecule has 1 aromatic carbocycles. The average Bonchev–Trinajstić information content (AvgIpc) is 2.38. The zero-order valence-electron chi connectivity index (χ0n) is 13.4. The van der Waals surface area contributed by atoms with Crippen LogP contribution < -0.4 is 0 Å². The molecular weight excluding hydrogens is 268 g/mol. The predicted octanol–water partition coefficient (Wildman–Crippen LogP) is 3.18. The van der Waals surface area contributed by atoms with Crippen LogP contribution in [0.1, 0.15) is 45.7 Å². The molecule has 0 saturated heterocycles. The monoisotopic (exact) mass is 292 g/mol. The maximum absolute atomic E-state index is 11.9. The fourth-order valence-corrected chi connectivity index (χ4v) is 2.06. The van der Waals surface area contributed by atoms with Gasteiger partial charge in [-0.15, -0.1) is 0 Å². The van der Waals surface area contributed by atoms with Gasteiger partial charge in [0, 0.05) is 0 Å². The van der Waals surface area contributed by atoms with Crippen LogP contribution in [-0.2, 0) is 26.2 Å². The Morgan fingerprint density at radius 1 is 1.10 bits per heavy atom. The lowest BCUT2D eigenvalue weighted by atomic mass is 9.82. The zero-order chi connectivity index (χ0) is 16.3. The van der Waals surface area contributed by atoms with E-state index < -0.39 is 17.4 Å². The van der Waals surface area contributed by atoms with Crippen LogP contribution in [0.4, 0.5) is 0 Å². The van der Waals surface area contributed by atoms with Crippen molar-refractivity contribution in [3.63, 3.8) is 0 Å². The van der Waals surface area contributed by atoms with E-state index in [9.17, 15) is 14.7 Å². The minimum Gasteiger partial charge on any atom is -0.480 e. The average molecular weight is 292 g/mol. The molecule has 21 heavy (non-hydrogen) atoms. The second-order valence-electron chi connectivity index (χ2n) is 6.48. The molecule has 0 spiro atoms. The van der Waals surface area contributed by atoms with Crippen molar-refractivity contribution in [3.8, 4) is 0 Å². The van der Waals surface area contributed by atoms with Crippen molar-refractivity contribution in [2.45, 2.75) is 46.5 Å². The molecule has 0 aromatic heterocycles. The van der Waals surface area contributed by atoms with Crippen molar-refractivity contribution in [1.82, 2.24) is 0 Å². The number of hydrogen-bond donors (Lipinski definition) is 1. The first kappa shape index (κ1) is 17.2. The van der Waals surface area contributed by atoms with Gasteiger partial charge in [-0.1, -0.05) is 45.0 Å². The van der Waals surface area contributed by atoms with E-state index >= 15 is 0 Å². The molecule has 116 valence electrons. The van der Waals surface area contributed by atoms with Crippen LogP contribution >= 0.6 is 0 Å². The molecule has 0 saturated carbocycles. The smallest absolute Gasteiger partial charge is 0.323 e. The fourth-order valence-electron chi connectivity index (χ4n) is 2.06. The molecule has 0 radical (unpaired) electrons. The molecular formula is C17H24O4. The molecule has 0 fully saturated rings. The van der Waals surface area contributed by atoms with Crippen molar-refractivity contribution in [2.75, 3.05) is 6.61 Å². The summed E-state index contributed by atoms with van der Waals surface area (Å²) in [6, 6.07) is 7.70. The highest BCUT2D eigenvalue weighted by molar-refractivity contribution is 5.99. The van der Waals surface area contributed by atoms with E-state index in [2.05, 4.69) is 20.8 Å². The molecule has 0 aliphatic rings. The molecule has 4 nitrogen and oxygen atoms in total. The van der Waals surface area contributed by atoms with Gasteiger partial charge in [0.05, 0.1) is 6.61 Å². The van der Waals surface area contributed by atoms with E-state index in [1.165, 1.54) is 12.5 Å². The Hall–Kier alpha value is -1.84. The molecule has 1 unspecified atom stereocenters. The fraction of sp³-hybridized carbons (Fsp3) is 0.529. The Kier molecular flexibility index (Phi) is 5.15.